The SMILES string of the molecule is Oc1cnc(Cl)cc1-c1cc(Cl)cc(Cl)c1. The van der Waals surface area contributed by atoms with E-state index in [1.165, 1.54) is 6.20 Å². The minimum atomic E-state index is 0.0303. The summed E-state index contributed by atoms with van der Waals surface area (Å²) in [6.07, 6.45) is 1.28. The van der Waals surface area contributed by atoms with Crippen molar-refractivity contribution in [2.24, 2.45) is 0 Å². The van der Waals surface area contributed by atoms with E-state index >= 15 is 0 Å². The average molecular weight is 275 g/mol. The molecule has 2 rings (SSSR count). The predicted octanol–water partition coefficient (Wildman–Crippen LogP) is 4.41. The molecule has 16 heavy (non-hydrogen) atoms. The highest BCUT2D eigenvalue weighted by Crippen LogP contribution is 2.33. The molecule has 0 saturated heterocycles. The Bertz CT molecular complexity index is 522. The first-order valence-electron chi connectivity index (χ1n) is 4.37. The van der Waals surface area contributed by atoms with Crippen LogP contribution in [0.5, 0.6) is 5.75 Å². The van der Waals surface area contributed by atoms with Crippen LogP contribution in [0.2, 0.25) is 15.2 Å². The Morgan fingerprint density at radius 2 is 1.56 bits per heavy atom. The van der Waals surface area contributed by atoms with Crippen LogP contribution in [0.3, 0.4) is 0 Å². The Labute approximate surface area is 107 Å². The van der Waals surface area contributed by atoms with E-state index in [0.717, 1.165) is 0 Å². The third kappa shape index (κ3) is 2.40. The van der Waals surface area contributed by atoms with E-state index in [1.54, 1.807) is 24.3 Å². The van der Waals surface area contributed by atoms with Crippen LogP contribution in [0, 0.1) is 0 Å². The van der Waals surface area contributed by atoms with Gasteiger partial charge in [0.25, 0.3) is 0 Å². The fourth-order valence-electron chi connectivity index (χ4n) is 1.36. The van der Waals surface area contributed by atoms with Crippen LogP contribution < -0.4 is 0 Å². The Kier molecular flexibility index (Phi) is 3.24. The van der Waals surface area contributed by atoms with E-state index in [0.29, 0.717) is 26.3 Å². The summed E-state index contributed by atoms with van der Waals surface area (Å²) in [7, 11) is 0. The lowest BCUT2D eigenvalue weighted by molar-refractivity contribution is 0.475. The zero-order chi connectivity index (χ0) is 11.7. The molecule has 0 spiro atoms. The molecule has 1 aromatic carbocycles. The lowest BCUT2D eigenvalue weighted by Gasteiger charge is -2.06. The van der Waals surface area contributed by atoms with Crippen LogP contribution in [0.1, 0.15) is 0 Å². The minimum Gasteiger partial charge on any atom is -0.506 e. The number of aromatic hydroxyl groups is 1. The zero-order valence-corrected chi connectivity index (χ0v) is 10.2. The number of benzene rings is 1. The van der Waals surface area contributed by atoms with Gasteiger partial charge in [0.2, 0.25) is 0 Å². The van der Waals surface area contributed by atoms with E-state index in [2.05, 4.69) is 4.98 Å². The quantitative estimate of drug-likeness (QED) is 0.781. The van der Waals surface area contributed by atoms with Crippen molar-refractivity contribution in [3.8, 4) is 16.9 Å². The molecular formula is C11H6Cl3NO. The van der Waals surface area contributed by atoms with Gasteiger partial charge in [-0.1, -0.05) is 34.8 Å². The van der Waals surface area contributed by atoms with Gasteiger partial charge in [0.1, 0.15) is 10.9 Å². The topological polar surface area (TPSA) is 33.1 Å². The molecule has 1 N–H and O–H groups in total. The fourth-order valence-corrected chi connectivity index (χ4v) is 2.05. The highest BCUT2D eigenvalue weighted by molar-refractivity contribution is 6.35. The van der Waals surface area contributed by atoms with Gasteiger partial charge in [-0.15, -0.1) is 0 Å². The first-order chi connectivity index (χ1) is 7.56. The van der Waals surface area contributed by atoms with Crippen LogP contribution in [0.4, 0.5) is 0 Å². The van der Waals surface area contributed by atoms with Crippen LogP contribution >= 0.6 is 34.8 Å². The summed E-state index contributed by atoms with van der Waals surface area (Å²) in [6.45, 7) is 0. The number of aromatic nitrogens is 1. The van der Waals surface area contributed by atoms with Gasteiger partial charge in [0.15, 0.2) is 0 Å². The molecule has 2 nitrogen and oxygen atoms in total. The first-order valence-corrected chi connectivity index (χ1v) is 5.50. The van der Waals surface area contributed by atoms with Gasteiger partial charge in [0.05, 0.1) is 6.20 Å². The van der Waals surface area contributed by atoms with Gasteiger partial charge in [-0.3, -0.25) is 0 Å². The van der Waals surface area contributed by atoms with Crippen LogP contribution in [-0.4, -0.2) is 10.1 Å². The number of halogens is 3. The second kappa shape index (κ2) is 4.50. The van der Waals surface area contributed by atoms with E-state index in [-0.39, 0.29) is 5.75 Å². The maximum Gasteiger partial charge on any atom is 0.141 e. The average Bonchev–Trinajstić information content (AvgIpc) is 2.20. The van der Waals surface area contributed by atoms with Crippen molar-refractivity contribution >= 4 is 34.8 Å². The number of hydrogen-bond donors (Lipinski definition) is 1. The van der Waals surface area contributed by atoms with Gasteiger partial charge in [0, 0.05) is 15.6 Å². The van der Waals surface area contributed by atoms with Crippen molar-refractivity contribution in [3.63, 3.8) is 0 Å². The van der Waals surface area contributed by atoms with E-state index in [9.17, 15) is 5.11 Å². The molecule has 0 atom stereocenters. The predicted molar refractivity (Wildman–Crippen MR) is 66.4 cm³/mol. The molecule has 0 saturated carbocycles. The molecule has 0 radical (unpaired) electrons. The smallest absolute Gasteiger partial charge is 0.141 e. The number of pyridine rings is 1. The molecule has 1 heterocycles. The van der Waals surface area contributed by atoms with Gasteiger partial charge in [-0.05, 0) is 29.8 Å². The third-order valence-corrected chi connectivity index (χ3v) is 2.67. The maximum atomic E-state index is 9.66. The van der Waals surface area contributed by atoms with Crippen molar-refractivity contribution in [2.45, 2.75) is 0 Å². The summed E-state index contributed by atoms with van der Waals surface area (Å²) in [6, 6.07) is 6.56. The van der Waals surface area contributed by atoms with Gasteiger partial charge in [-0.2, -0.15) is 0 Å². The summed E-state index contributed by atoms with van der Waals surface area (Å²) in [5, 5.41) is 10.9. The van der Waals surface area contributed by atoms with Gasteiger partial charge >= 0.3 is 0 Å². The second-order valence-electron chi connectivity index (χ2n) is 3.18. The van der Waals surface area contributed by atoms with Crippen molar-refractivity contribution in [1.82, 2.24) is 4.98 Å². The molecule has 5 heteroatoms. The molecule has 0 bridgehead atoms. The highest BCUT2D eigenvalue weighted by Gasteiger charge is 2.07. The molecule has 82 valence electrons. The molecule has 0 fully saturated rings. The van der Waals surface area contributed by atoms with Crippen molar-refractivity contribution in [3.05, 3.63) is 45.7 Å². The van der Waals surface area contributed by atoms with Crippen molar-refractivity contribution < 1.29 is 5.11 Å². The maximum absolute atomic E-state index is 9.66. The van der Waals surface area contributed by atoms with Crippen molar-refractivity contribution in [2.75, 3.05) is 0 Å². The molecule has 0 unspecified atom stereocenters. The third-order valence-electron chi connectivity index (χ3n) is 2.02. The molecule has 1 aromatic heterocycles. The number of rotatable bonds is 1. The van der Waals surface area contributed by atoms with E-state index in [1.807, 2.05) is 0 Å². The van der Waals surface area contributed by atoms with E-state index < -0.39 is 0 Å². The Hall–Kier alpha value is -0.960. The molecule has 0 aliphatic rings. The van der Waals surface area contributed by atoms with Gasteiger partial charge < -0.3 is 5.11 Å². The largest absolute Gasteiger partial charge is 0.506 e. The summed E-state index contributed by atoms with van der Waals surface area (Å²) in [5.41, 5.74) is 1.24. The standard InChI is InChI=1S/C11H6Cl3NO/c12-7-1-6(2-8(13)3-7)9-4-11(14)15-5-10(9)16/h1-5,16H. The molecule has 0 amide bonds. The van der Waals surface area contributed by atoms with Crippen molar-refractivity contribution in [1.29, 1.82) is 0 Å². The monoisotopic (exact) mass is 273 g/mol. The van der Waals surface area contributed by atoms with Crippen LogP contribution in [-0.2, 0) is 0 Å². The number of nitrogens with zero attached hydrogens (tertiary/aromatic N) is 1. The zero-order valence-electron chi connectivity index (χ0n) is 7.92. The fraction of sp³-hybridized carbons (Fsp3) is 0. The lowest BCUT2D eigenvalue weighted by atomic mass is 10.1. The Balaban J connectivity index is 2.62. The van der Waals surface area contributed by atoms with Gasteiger partial charge in [-0.25, -0.2) is 4.98 Å². The summed E-state index contributed by atoms with van der Waals surface area (Å²) in [5.74, 6) is 0.0303. The van der Waals surface area contributed by atoms with Crippen LogP contribution in [0.15, 0.2) is 30.5 Å². The molecule has 0 aliphatic heterocycles. The van der Waals surface area contributed by atoms with E-state index in [4.69, 9.17) is 34.8 Å². The highest BCUT2D eigenvalue weighted by atomic mass is 35.5. The molecule has 2 aromatic rings. The number of hydrogen-bond acceptors (Lipinski definition) is 2. The summed E-state index contributed by atoms with van der Waals surface area (Å²) >= 11 is 17.5. The Morgan fingerprint density at radius 3 is 2.19 bits per heavy atom. The summed E-state index contributed by atoms with van der Waals surface area (Å²) < 4.78 is 0. The summed E-state index contributed by atoms with van der Waals surface area (Å²) in [4.78, 5) is 3.76. The molecule has 0 aliphatic carbocycles. The first kappa shape index (κ1) is 11.5. The normalized spacial score (nSPS) is 10.4. The van der Waals surface area contributed by atoms with Crippen LogP contribution in [0.25, 0.3) is 11.1 Å². The molecular weight excluding hydrogens is 268 g/mol. The Morgan fingerprint density at radius 1 is 0.938 bits per heavy atom. The lowest BCUT2D eigenvalue weighted by Crippen LogP contribution is -1.83. The minimum absolute atomic E-state index is 0.0303. The second-order valence-corrected chi connectivity index (χ2v) is 4.44.